The third kappa shape index (κ3) is 38.4. The molecule has 0 spiro atoms. The van der Waals surface area contributed by atoms with Crippen molar-refractivity contribution in [3.05, 3.63) is 0 Å². The Hall–Kier alpha value is 1.14. The van der Waals surface area contributed by atoms with Crippen molar-refractivity contribution in [3.8, 4) is 0 Å². The molecular formula is C22H46KO8P. The maximum atomic E-state index is 10.7. The summed E-state index contributed by atoms with van der Waals surface area (Å²) in [5, 5.41) is 8.76. The summed E-state index contributed by atoms with van der Waals surface area (Å²) in [6, 6.07) is 0. The quantitative estimate of drug-likeness (QED) is 0.0985. The molecule has 3 N–H and O–H groups in total. The van der Waals surface area contributed by atoms with E-state index in [0.717, 1.165) is 19.3 Å². The monoisotopic (exact) mass is 508 g/mol. The SMILES string of the molecule is CCCCCCCCCCCCCCCC(OCC(=O)O)OC(C)CC.O=P([O-])(O)O.[K+]. The van der Waals surface area contributed by atoms with Gasteiger partial charge in [0.1, 0.15) is 6.61 Å². The van der Waals surface area contributed by atoms with E-state index in [-0.39, 0.29) is 70.4 Å². The predicted molar refractivity (Wildman–Crippen MR) is 121 cm³/mol. The number of hydrogen-bond acceptors (Lipinski definition) is 5. The van der Waals surface area contributed by atoms with Crippen LogP contribution in [0.25, 0.3) is 0 Å². The average molecular weight is 509 g/mol. The molecule has 0 fully saturated rings. The van der Waals surface area contributed by atoms with Gasteiger partial charge < -0.3 is 29.3 Å². The topological polar surface area (TPSA) is 136 Å². The molecule has 0 aromatic heterocycles. The number of aliphatic carboxylic acids is 1. The van der Waals surface area contributed by atoms with Crippen LogP contribution in [-0.2, 0) is 18.8 Å². The van der Waals surface area contributed by atoms with E-state index < -0.39 is 13.8 Å². The molecule has 0 aliphatic carbocycles. The van der Waals surface area contributed by atoms with Crippen LogP contribution in [0.15, 0.2) is 0 Å². The second-order valence-corrected chi connectivity index (χ2v) is 8.99. The van der Waals surface area contributed by atoms with E-state index in [1.807, 2.05) is 6.92 Å². The van der Waals surface area contributed by atoms with E-state index in [2.05, 4.69) is 13.8 Å². The second kappa shape index (κ2) is 26.7. The number of ether oxygens (including phenoxy) is 2. The standard InChI is InChI=1S/C22H44O4.K.H3O4P/c1-4-6-7-8-9-10-11-12-13-14-15-16-17-18-22(25-19-21(23)24)26-20(3)5-2;;1-5(2,3)4/h20,22H,4-19H2,1-3H3,(H,23,24);;(H3,1,2,3,4)/q;+1;/p-1. The Morgan fingerprint density at radius 2 is 1.25 bits per heavy atom. The number of rotatable bonds is 20. The summed E-state index contributed by atoms with van der Waals surface area (Å²) in [6.45, 7) is 6.05. The van der Waals surface area contributed by atoms with Gasteiger partial charge in [-0.15, -0.1) is 0 Å². The van der Waals surface area contributed by atoms with Crippen LogP contribution in [0.3, 0.4) is 0 Å². The fourth-order valence-corrected chi connectivity index (χ4v) is 3.04. The maximum absolute atomic E-state index is 10.7. The number of carbonyl (C=O) groups is 1. The Bertz CT molecular complexity index is 439. The van der Waals surface area contributed by atoms with Gasteiger partial charge in [-0.3, -0.25) is 4.57 Å². The Morgan fingerprint density at radius 3 is 1.59 bits per heavy atom. The van der Waals surface area contributed by atoms with Gasteiger partial charge in [0.25, 0.3) is 7.82 Å². The minimum atomic E-state index is -4.89. The predicted octanol–water partition coefficient (Wildman–Crippen LogP) is 2.15. The van der Waals surface area contributed by atoms with Crippen LogP contribution in [-0.4, -0.2) is 39.9 Å². The van der Waals surface area contributed by atoms with Gasteiger partial charge in [-0.25, -0.2) is 4.79 Å². The Kier molecular flexibility index (Phi) is 31.5. The van der Waals surface area contributed by atoms with Crippen LogP contribution in [0, 0.1) is 0 Å². The zero-order valence-corrected chi connectivity index (χ0v) is 24.8. The molecule has 188 valence electrons. The zero-order valence-electron chi connectivity index (χ0n) is 20.8. The van der Waals surface area contributed by atoms with Crippen LogP contribution < -0.4 is 56.3 Å². The number of hydrogen-bond donors (Lipinski definition) is 3. The van der Waals surface area contributed by atoms with E-state index >= 15 is 0 Å². The number of phosphoric acid groups is 1. The summed E-state index contributed by atoms with van der Waals surface area (Å²) in [5.74, 6) is -0.937. The molecule has 0 aliphatic rings. The van der Waals surface area contributed by atoms with Crippen molar-refractivity contribution in [3.63, 3.8) is 0 Å². The molecule has 0 radical (unpaired) electrons. The average Bonchev–Trinajstić information content (AvgIpc) is 2.67. The van der Waals surface area contributed by atoms with Crippen molar-refractivity contribution in [2.45, 2.75) is 129 Å². The van der Waals surface area contributed by atoms with Gasteiger partial charge >= 0.3 is 57.4 Å². The Morgan fingerprint density at radius 1 is 0.875 bits per heavy atom. The summed E-state index contributed by atoms with van der Waals surface area (Å²) in [5.41, 5.74) is 0. The van der Waals surface area contributed by atoms with Crippen LogP contribution in [0.4, 0.5) is 0 Å². The van der Waals surface area contributed by atoms with Crippen LogP contribution in [0.5, 0.6) is 0 Å². The van der Waals surface area contributed by atoms with E-state index in [1.54, 1.807) is 0 Å². The third-order valence-corrected chi connectivity index (χ3v) is 4.90. The number of unbranched alkanes of at least 4 members (excludes halogenated alkanes) is 12. The van der Waals surface area contributed by atoms with Crippen molar-refractivity contribution < 1.29 is 90.0 Å². The van der Waals surface area contributed by atoms with Gasteiger partial charge in [0.15, 0.2) is 6.29 Å². The van der Waals surface area contributed by atoms with Crippen molar-refractivity contribution in [2.24, 2.45) is 0 Å². The first-order valence-corrected chi connectivity index (χ1v) is 13.4. The molecule has 0 heterocycles. The molecule has 32 heavy (non-hydrogen) atoms. The zero-order chi connectivity index (χ0) is 24.0. The van der Waals surface area contributed by atoms with E-state index in [9.17, 15) is 4.79 Å². The van der Waals surface area contributed by atoms with Gasteiger partial charge in [0, 0.05) is 0 Å². The smallest absolute Gasteiger partial charge is 0.756 e. The summed E-state index contributed by atoms with van der Waals surface area (Å²) in [7, 11) is -4.89. The largest absolute Gasteiger partial charge is 1.00 e. The fourth-order valence-electron chi connectivity index (χ4n) is 3.04. The van der Waals surface area contributed by atoms with Crippen molar-refractivity contribution in [1.29, 1.82) is 0 Å². The summed E-state index contributed by atoms with van der Waals surface area (Å²) >= 11 is 0. The van der Waals surface area contributed by atoms with E-state index in [4.69, 9.17) is 33.8 Å². The van der Waals surface area contributed by atoms with Crippen LogP contribution in [0.1, 0.15) is 117 Å². The van der Waals surface area contributed by atoms with E-state index in [1.165, 1.54) is 77.0 Å². The second-order valence-electron chi connectivity index (χ2n) is 8.01. The normalized spacial score (nSPS) is 12.9. The molecular weight excluding hydrogens is 462 g/mol. The van der Waals surface area contributed by atoms with Crippen LogP contribution in [0.2, 0.25) is 0 Å². The molecule has 0 aromatic carbocycles. The number of carboxylic acids is 1. The molecule has 0 aromatic rings. The summed E-state index contributed by atoms with van der Waals surface area (Å²) in [6.07, 6.45) is 18.7. The molecule has 0 saturated carbocycles. The molecule has 0 bridgehead atoms. The summed E-state index contributed by atoms with van der Waals surface area (Å²) < 4.78 is 19.9. The molecule has 0 amide bonds. The van der Waals surface area contributed by atoms with Gasteiger partial charge in [0.2, 0.25) is 0 Å². The van der Waals surface area contributed by atoms with Gasteiger partial charge in [-0.2, -0.15) is 0 Å². The number of carboxylic acid groups (broad SMARTS) is 1. The Labute approximate surface area is 237 Å². The molecule has 10 heteroatoms. The van der Waals surface area contributed by atoms with Crippen LogP contribution >= 0.6 is 7.82 Å². The minimum Gasteiger partial charge on any atom is -0.756 e. The Balaban J connectivity index is -0.00000125. The molecule has 8 nitrogen and oxygen atoms in total. The van der Waals surface area contributed by atoms with Crippen molar-refractivity contribution >= 4 is 13.8 Å². The molecule has 2 unspecified atom stereocenters. The van der Waals surface area contributed by atoms with E-state index in [0.29, 0.717) is 0 Å². The van der Waals surface area contributed by atoms with Gasteiger partial charge in [-0.1, -0.05) is 90.9 Å². The minimum absolute atomic E-state index is 0. The first-order chi connectivity index (χ1) is 14.6. The third-order valence-electron chi connectivity index (χ3n) is 4.90. The summed E-state index contributed by atoms with van der Waals surface area (Å²) in [4.78, 5) is 33.6. The van der Waals surface area contributed by atoms with Crippen molar-refractivity contribution in [1.82, 2.24) is 0 Å². The maximum Gasteiger partial charge on any atom is 1.00 e. The fraction of sp³-hybridized carbons (Fsp3) is 0.955. The van der Waals surface area contributed by atoms with Crippen molar-refractivity contribution in [2.75, 3.05) is 6.61 Å². The first-order valence-electron chi connectivity index (χ1n) is 11.9. The molecule has 2 atom stereocenters. The molecule has 0 rings (SSSR count). The molecule has 0 aliphatic heterocycles. The first kappa shape index (κ1) is 37.7. The van der Waals surface area contributed by atoms with Gasteiger partial charge in [-0.05, 0) is 26.2 Å². The molecule has 0 saturated heterocycles. The van der Waals surface area contributed by atoms with Gasteiger partial charge in [0.05, 0.1) is 6.10 Å².